The van der Waals surface area contributed by atoms with Crippen molar-refractivity contribution in [1.82, 2.24) is 0 Å². The van der Waals surface area contributed by atoms with E-state index in [2.05, 4.69) is 6.58 Å². The standard InChI is InChI=1S/C18H24O4/c1-4-16(8-6-7-9-18(19)21-5-2)22-14-15-10-12-17(20-3)13-11-15/h4,7,9-13,16H,1,5-6,8,14H2,2-3H3/b9-7+/t16-/m0/s1. The van der Waals surface area contributed by atoms with E-state index in [0.717, 1.165) is 24.2 Å². The number of rotatable bonds is 10. The third-order valence-electron chi connectivity index (χ3n) is 3.04. The summed E-state index contributed by atoms with van der Waals surface area (Å²) >= 11 is 0. The van der Waals surface area contributed by atoms with Crippen LogP contribution in [0.1, 0.15) is 25.3 Å². The monoisotopic (exact) mass is 304 g/mol. The Bertz CT molecular complexity index is 476. The van der Waals surface area contributed by atoms with E-state index in [1.54, 1.807) is 26.2 Å². The largest absolute Gasteiger partial charge is 0.497 e. The second-order valence-corrected chi connectivity index (χ2v) is 4.67. The predicted octanol–water partition coefficient (Wildman–Crippen LogP) is 3.67. The van der Waals surface area contributed by atoms with Crippen LogP contribution in [-0.4, -0.2) is 25.8 Å². The fourth-order valence-corrected chi connectivity index (χ4v) is 1.82. The van der Waals surface area contributed by atoms with Crippen LogP contribution in [0.5, 0.6) is 5.75 Å². The molecule has 120 valence electrons. The SMILES string of the molecule is C=C[C@@H](CC/C=C/C(=O)OCC)OCc1ccc(OC)cc1. The molecule has 1 atom stereocenters. The smallest absolute Gasteiger partial charge is 0.330 e. The van der Waals surface area contributed by atoms with Gasteiger partial charge in [0.1, 0.15) is 5.75 Å². The molecule has 0 aromatic heterocycles. The first-order valence-corrected chi connectivity index (χ1v) is 7.40. The van der Waals surface area contributed by atoms with Gasteiger partial charge >= 0.3 is 5.97 Å². The number of hydrogen-bond donors (Lipinski definition) is 0. The first kappa shape index (κ1) is 18.0. The second kappa shape index (κ2) is 10.6. The average molecular weight is 304 g/mol. The second-order valence-electron chi connectivity index (χ2n) is 4.67. The van der Waals surface area contributed by atoms with Crippen molar-refractivity contribution in [1.29, 1.82) is 0 Å². The highest BCUT2D eigenvalue weighted by atomic mass is 16.5. The van der Waals surface area contributed by atoms with Crippen LogP contribution in [0.4, 0.5) is 0 Å². The molecule has 0 aliphatic rings. The third kappa shape index (κ3) is 7.09. The van der Waals surface area contributed by atoms with E-state index in [1.165, 1.54) is 6.08 Å². The first-order chi connectivity index (χ1) is 10.7. The third-order valence-corrected chi connectivity index (χ3v) is 3.04. The Morgan fingerprint density at radius 1 is 1.32 bits per heavy atom. The number of allylic oxidation sites excluding steroid dienone is 1. The summed E-state index contributed by atoms with van der Waals surface area (Å²) in [5, 5.41) is 0. The minimum absolute atomic E-state index is 0.0473. The summed E-state index contributed by atoms with van der Waals surface area (Å²) in [6, 6.07) is 7.76. The van der Waals surface area contributed by atoms with Gasteiger partial charge in [-0.1, -0.05) is 24.3 Å². The highest BCUT2D eigenvalue weighted by Crippen LogP contribution is 2.14. The van der Waals surface area contributed by atoms with Crippen molar-refractivity contribution in [3.63, 3.8) is 0 Å². The summed E-state index contributed by atoms with van der Waals surface area (Å²) in [6.45, 7) is 6.48. The van der Waals surface area contributed by atoms with Crippen LogP contribution in [0.3, 0.4) is 0 Å². The number of methoxy groups -OCH3 is 1. The van der Waals surface area contributed by atoms with Crippen LogP contribution in [0.25, 0.3) is 0 Å². The van der Waals surface area contributed by atoms with E-state index in [0.29, 0.717) is 13.2 Å². The van der Waals surface area contributed by atoms with Crippen molar-refractivity contribution in [2.45, 2.75) is 32.5 Å². The molecule has 0 bridgehead atoms. The molecule has 0 saturated heterocycles. The van der Waals surface area contributed by atoms with Crippen LogP contribution in [0, 0.1) is 0 Å². The van der Waals surface area contributed by atoms with E-state index >= 15 is 0 Å². The highest BCUT2D eigenvalue weighted by Gasteiger charge is 2.04. The van der Waals surface area contributed by atoms with Gasteiger partial charge in [-0.2, -0.15) is 0 Å². The van der Waals surface area contributed by atoms with Crippen LogP contribution in [0.15, 0.2) is 49.1 Å². The van der Waals surface area contributed by atoms with Crippen molar-refractivity contribution in [2.24, 2.45) is 0 Å². The lowest BCUT2D eigenvalue weighted by Gasteiger charge is -2.13. The minimum Gasteiger partial charge on any atom is -0.497 e. The molecule has 0 radical (unpaired) electrons. The topological polar surface area (TPSA) is 44.8 Å². The molecule has 1 aromatic carbocycles. The van der Waals surface area contributed by atoms with Gasteiger partial charge in [-0.05, 0) is 37.5 Å². The summed E-state index contributed by atoms with van der Waals surface area (Å²) < 4.78 is 15.7. The fourth-order valence-electron chi connectivity index (χ4n) is 1.82. The zero-order valence-electron chi connectivity index (χ0n) is 13.3. The zero-order valence-corrected chi connectivity index (χ0v) is 13.3. The lowest BCUT2D eigenvalue weighted by atomic mass is 10.2. The maximum atomic E-state index is 11.1. The molecule has 0 saturated carbocycles. The summed E-state index contributed by atoms with van der Waals surface area (Å²) in [6.07, 6.45) is 6.49. The summed E-state index contributed by atoms with van der Waals surface area (Å²) in [4.78, 5) is 11.1. The summed E-state index contributed by atoms with van der Waals surface area (Å²) in [5.74, 6) is 0.518. The molecule has 0 aliphatic heterocycles. The Kier molecular flexibility index (Phi) is 8.69. The van der Waals surface area contributed by atoms with E-state index in [9.17, 15) is 4.79 Å². The number of benzene rings is 1. The van der Waals surface area contributed by atoms with E-state index in [4.69, 9.17) is 14.2 Å². The lowest BCUT2D eigenvalue weighted by molar-refractivity contribution is -0.137. The quantitative estimate of drug-likeness (QED) is 0.376. The van der Waals surface area contributed by atoms with E-state index in [1.807, 2.05) is 24.3 Å². The van der Waals surface area contributed by atoms with Crippen molar-refractivity contribution in [3.05, 3.63) is 54.6 Å². The number of hydrogen-bond acceptors (Lipinski definition) is 4. The molecular formula is C18H24O4. The maximum Gasteiger partial charge on any atom is 0.330 e. The molecule has 0 amide bonds. The molecule has 4 nitrogen and oxygen atoms in total. The van der Waals surface area contributed by atoms with Gasteiger partial charge < -0.3 is 14.2 Å². The van der Waals surface area contributed by atoms with Gasteiger partial charge in [-0.25, -0.2) is 4.79 Å². The number of carbonyl (C=O) groups excluding carboxylic acids is 1. The Morgan fingerprint density at radius 2 is 2.05 bits per heavy atom. The van der Waals surface area contributed by atoms with E-state index in [-0.39, 0.29) is 12.1 Å². The molecular weight excluding hydrogens is 280 g/mol. The van der Waals surface area contributed by atoms with Crippen molar-refractivity contribution < 1.29 is 19.0 Å². The Labute approximate surface area is 132 Å². The molecule has 4 heteroatoms. The van der Waals surface area contributed by atoms with Gasteiger partial charge in [0.2, 0.25) is 0 Å². The molecule has 0 fully saturated rings. The molecule has 0 unspecified atom stereocenters. The fraction of sp³-hybridized carbons (Fsp3) is 0.389. The van der Waals surface area contributed by atoms with E-state index < -0.39 is 0 Å². The predicted molar refractivity (Wildman–Crippen MR) is 86.8 cm³/mol. The van der Waals surface area contributed by atoms with Gasteiger partial charge in [0.25, 0.3) is 0 Å². The van der Waals surface area contributed by atoms with Gasteiger partial charge in [0.05, 0.1) is 26.4 Å². The molecule has 1 rings (SSSR count). The van der Waals surface area contributed by atoms with Gasteiger partial charge in [-0.3, -0.25) is 0 Å². The highest BCUT2D eigenvalue weighted by molar-refractivity contribution is 5.81. The molecule has 0 spiro atoms. The molecule has 0 aliphatic carbocycles. The lowest BCUT2D eigenvalue weighted by Crippen LogP contribution is -2.09. The molecule has 0 N–H and O–H groups in total. The summed E-state index contributed by atoms with van der Waals surface area (Å²) in [5.41, 5.74) is 1.08. The van der Waals surface area contributed by atoms with Crippen molar-refractivity contribution in [3.8, 4) is 5.75 Å². The van der Waals surface area contributed by atoms with Gasteiger partial charge in [0, 0.05) is 6.08 Å². The van der Waals surface area contributed by atoms with Crippen molar-refractivity contribution >= 4 is 5.97 Å². The van der Waals surface area contributed by atoms with Gasteiger partial charge in [-0.15, -0.1) is 6.58 Å². The Balaban J connectivity index is 2.32. The van der Waals surface area contributed by atoms with Gasteiger partial charge in [0.15, 0.2) is 0 Å². The maximum absolute atomic E-state index is 11.1. The minimum atomic E-state index is -0.309. The average Bonchev–Trinajstić information content (AvgIpc) is 2.55. The molecule has 1 aromatic rings. The Hall–Kier alpha value is -2.07. The normalized spacial score (nSPS) is 12.1. The zero-order chi connectivity index (χ0) is 16.2. The molecule has 22 heavy (non-hydrogen) atoms. The van der Waals surface area contributed by atoms with Crippen molar-refractivity contribution in [2.75, 3.05) is 13.7 Å². The Morgan fingerprint density at radius 3 is 2.64 bits per heavy atom. The number of esters is 1. The van der Waals surface area contributed by atoms with Crippen LogP contribution < -0.4 is 4.74 Å². The van der Waals surface area contributed by atoms with Crippen LogP contribution >= 0.6 is 0 Å². The number of carbonyl (C=O) groups is 1. The summed E-state index contributed by atoms with van der Waals surface area (Å²) in [7, 11) is 1.64. The van der Waals surface area contributed by atoms with Crippen LogP contribution in [-0.2, 0) is 20.9 Å². The van der Waals surface area contributed by atoms with Crippen LogP contribution in [0.2, 0.25) is 0 Å². The first-order valence-electron chi connectivity index (χ1n) is 7.40. The number of ether oxygens (including phenoxy) is 3. The molecule has 0 heterocycles.